The van der Waals surface area contributed by atoms with Gasteiger partial charge in [-0.2, -0.15) is 0 Å². The average Bonchev–Trinajstić information content (AvgIpc) is 2.71. The molecule has 140 valence electrons. The molecule has 1 aromatic heterocycles. The van der Waals surface area contributed by atoms with Gasteiger partial charge in [-0.3, -0.25) is 4.98 Å². The third kappa shape index (κ3) is 5.24. The smallest absolute Gasteiger partial charge is 0.241 e. The Balaban J connectivity index is 1.72. The minimum absolute atomic E-state index is 0.321. The van der Waals surface area contributed by atoms with Crippen LogP contribution >= 0.6 is 0 Å². The number of allylic oxidation sites excluding steroid dienone is 1. The van der Waals surface area contributed by atoms with Crippen LogP contribution in [0.3, 0.4) is 0 Å². The molecule has 0 radical (unpaired) electrons. The molecule has 1 aliphatic heterocycles. The lowest BCUT2D eigenvalue weighted by atomic mass is 9.96. The summed E-state index contributed by atoms with van der Waals surface area (Å²) in [6.45, 7) is 7.07. The van der Waals surface area contributed by atoms with Crippen LogP contribution < -0.4 is 10.1 Å². The van der Waals surface area contributed by atoms with Crippen molar-refractivity contribution in [1.29, 1.82) is 0 Å². The lowest BCUT2D eigenvalue weighted by molar-refractivity contribution is 0.0839. The molecule has 1 aliphatic rings. The Kier molecular flexibility index (Phi) is 6.71. The number of nitrogens with one attached hydrogen (secondary N) is 1. The lowest BCUT2D eigenvalue weighted by Crippen LogP contribution is -2.16. The number of amidine groups is 1. The molecular formula is C21H24N4O2. The monoisotopic (exact) mass is 364 g/mol. The summed E-state index contributed by atoms with van der Waals surface area (Å²) in [6.07, 6.45) is 10.5. The highest BCUT2D eigenvalue weighted by Gasteiger charge is 2.22. The van der Waals surface area contributed by atoms with Gasteiger partial charge in [0.1, 0.15) is 17.3 Å². The maximum atomic E-state index is 6.02. The highest BCUT2D eigenvalue weighted by Crippen LogP contribution is 2.32. The van der Waals surface area contributed by atoms with Crippen LogP contribution in [0.2, 0.25) is 0 Å². The molecule has 1 fully saturated rings. The topological polar surface area (TPSA) is 68.6 Å². The van der Waals surface area contributed by atoms with Gasteiger partial charge in [0.2, 0.25) is 5.88 Å². The predicted molar refractivity (Wildman–Crippen MR) is 107 cm³/mol. The van der Waals surface area contributed by atoms with Crippen molar-refractivity contribution in [2.75, 3.05) is 18.5 Å². The number of benzene rings is 1. The van der Waals surface area contributed by atoms with Crippen molar-refractivity contribution >= 4 is 11.5 Å². The number of hydrogen-bond donors (Lipinski definition) is 1. The molecule has 6 nitrogen and oxygen atoms in total. The zero-order valence-electron chi connectivity index (χ0n) is 15.5. The molecule has 0 saturated carbocycles. The third-order valence-corrected chi connectivity index (χ3v) is 4.20. The molecule has 1 N–H and O–H groups in total. The first-order chi connectivity index (χ1) is 13.3. The Bertz CT molecular complexity index is 809. The highest BCUT2D eigenvalue weighted by molar-refractivity contribution is 6.04. The lowest BCUT2D eigenvalue weighted by Gasteiger charge is -2.22. The molecule has 27 heavy (non-hydrogen) atoms. The molecule has 0 unspecified atom stereocenters. The van der Waals surface area contributed by atoms with Crippen molar-refractivity contribution in [3.05, 3.63) is 67.3 Å². The maximum Gasteiger partial charge on any atom is 0.241 e. The predicted octanol–water partition coefficient (Wildman–Crippen LogP) is 4.69. The summed E-state index contributed by atoms with van der Waals surface area (Å²) >= 11 is 0. The molecule has 0 bridgehead atoms. The average molecular weight is 364 g/mol. The van der Waals surface area contributed by atoms with Crippen molar-refractivity contribution in [3.8, 4) is 11.6 Å². The van der Waals surface area contributed by atoms with E-state index in [1.54, 1.807) is 12.4 Å². The van der Waals surface area contributed by atoms with E-state index >= 15 is 0 Å². The molecule has 0 spiro atoms. The molecule has 1 aromatic carbocycles. The fourth-order valence-corrected chi connectivity index (χ4v) is 2.90. The maximum absolute atomic E-state index is 6.02. The molecule has 0 aliphatic carbocycles. The first kappa shape index (κ1) is 18.8. The molecule has 2 aromatic rings. The largest absolute Gasteiger partial charge is 0.437 e. The van der Waals surface area contributed by atoms with E-state index in [0.717, 1.165) is 43.3 Å². The second kappa shape index (κ2) is 9.64. The van der Waals surface area contributed by atoms with E-state index in [9.17, 15) is 0 Å². The van der Waals surface area contributed by atoms with E-state index in [-0.39, 0.29) is 0 Å². The van der Waals surface area contributed by atoms with Crippen LogP contribution in [0.4, 0.5) is 5.69 Å². The summed E-state index contributed by atoms with van der Waals surface area (Å²) in [5.41, 5.74) is 1.81. The molecule has 2 heterocycles. The van der Waals surface area contributed by atoms with Crippen LogP contribution in [0, 0.1) is 0 Å². The fraction of sp³-hybridized carbons (Fsp3) is 0.286. The third-order valence-electron chi connectivity index (χ3n) is 4.20. The quantitative estimate of drug-likeness (QED) is 0.595. The van der Waals surface area contributed by atoms with Gasteiger partial charge in [0.25, 0.3) is 0 Å². The second-order valence-corrected chi connectivity index (χ2v) is 6.08. The minimum atomic E-state index is 0.321. The summed E-state index contributed by atoms with van der Waals surface area (Å²) in [5, 5.41) is 3.23. The zero-order chi connectivity index (χ0) is 18.9. The van der Waals surface area contributed by atoms with E-state index in [4.69, 9.17) is 9.47 Å². The van der Waals surface area contributed by atoms with Gasteiger partial charge < -0.3 is 14.8 Å². The second-order valence-electron chi connectivity index (χ2n) is 6.08. The Morgan fingerprint density at radius 2 is 1.96 bits per heavy atom. The number of rotatable bonds is 6. The number of hydrogen-bond acceptors (Lipinski definition) is 5. The van der Waals surface area contributed by atoms with Gasteiger partial charge in [-0.15, -0.1) is 0 Å². The van der Waals surface area contributed by atoms with E-state index in [2.05, 4.69) is 26.9 Å². The normalized spacial score (nSPS) is 15.7. The Labute approximate surface area is 159 Å². The number of aliphatic imine (C=N–C) groups is 1. The van der Waals surface area contributed by atoms with Crippen LogP contribution in [-0.2, 0) is 4.74 Å². The number of nitrogens with zero attached hydrogens (tertiary/aromatic N) is 3. The van der Waals surface area contributed by atoms with Gasteiger partial charge in [-0.1, -0.05) is 12.7 Å². The van der Waals surface area contributed by atoms with Crippen molar-refractivity contribution in [2.24, 2.45) is 4.99 Å². The van der Waals surface area contributed by atoms with Crippen molar-refractivity contribution in [2.45, 2.75) is 25.7 Å². The van der Waals surface area contributed by atoms with Crippen LogP contribution in [0.1, 0.15) is 31.4 Å². The van der Waals surface area contributed by atoms with Gasteiger partial charge >= 0.3 is 0 Å². The van der Waals surface area contributed by atoms with E-state index in [1.807, 2.05) is 43.3 Å². The number of aromatic nitrogens is 2. The van der Waals surface area contributed by atoms with Crippen LogP contribution in [0.25, 0.3) is 0 Å². The molecule has 3 rings (SSSR count). The van der Waals surface area contributed by atoms with E-state index in [1.165, 1.54) is 6.20 Å². The Hall–Kier alpha value is -2.99. The highest BCUT2D eigenvalue weighted by atomic mass is 16.5. The molecule has 0 atom stereocenters. The Morgan fingerprint density at radius 1 is 1.22 bits per heavy atom. The van der Waals surface area contributed by atoms with Crippen molar-refractivity contribution < 1.29 is 9.47 Å². The van der Waals surface area contributed by atoms with Gasteiger partial charge in [-0.05, 0) is 50.1 Å². The Morgan fingerprint density at radius 3 is 2.67 bits per heavy atom. The first-order valence-electron chi connectivity index (χ1n) is 9.05. The summed E-state index contributed by atoms with van der Waals surface area (Å²) in [5.74, 6) is 2.31. The molecule has 6 heteroatoms. The van der Waals surface area contributed by atoms with Gasteiger partial charge in [0.05, 0.1) is 0 Å². The SMILES string of the molecule is C=CN=C(C=CC)Nc1ccc(Oc2nccnc2C2CCOCC2)cc1. The van der Waals surface area contributed by atoms with Gasteiger partial charge in [-0.25, -0.2) is 9.98 Å². The molecule has 1 saturated heterocycles. The molecule has 0 amide bonds. The molecular weight excluding hydrogens is 340 g/mol. The summed E-state index contributed by atoms with van der Waals surface area (Å²) in [7, 11) is 0. The van der Waals surface area contributed by atoms with Crippen LogP contribution in [0.5, 0.6) is 11.6 Å². The van der Waals surface area contributed by atoms with Gasteiger partial charge in [0, 0.05) is 43.4 Å². The first-order valence-corrected chi connectivity index (χ1v) is 9.05. The minimum Gasteiger partial charge on any atom is -0.437 e. The summed E-state index contributed by atoms with van der Waals surface area (Å²) in [4.78, 5) is 13.1. The zero-order valence-corrected chi connectivity index (χ0v) is 15.5. The number of anilines is 1. The van der Waals surface area contributed by atoms with Gasteiger partial charge in [0.15, 0.2) is 0 Å². The summed E-state index contributed by atoms with van der Waals surface area (Å²) in [6, 6.07) is 7.65. The number of ether oxygens (including phenoxy) is 2. The van der Waals surface area contributed by atoms with E-state index < -0.39 is 0 Å². The van der Waals surface area contributed by atoms with Crippen LogP contribution in [0.15, 0.2) is 66.6 Å². The van der Waals surface area contributed by atoms with E-state index in [0.29, 0.717) is 17.5 Å². The summed E-state index contributed by atoms with van der Waals surface area (Å²) < 4.78 is 11.5. The fourth-order valence-electron chi connectivity index (χ4n) is 2.90. The standard InChI is InChI=1S/C21H24N4O2/c1-3-5-19(22-4-2)25-17-6-8-18(9-7-17)27-21-20(23-12-13-24-21)16-10-14-26-15-11-16/h3-9,12-13,16H,2,10-11,14-15H2,1H3,(H,22,25). The van der Waals surface area contributed by atoms with Crippen molar-refractivity contribution in [3.63, 3.8) is 0 Å². The van der Waals surface area contributed by atoms with Crippen molar-refractivity contribution in [1.82, 2.24) is 9.97 Å². The van der Waals surface area contributed by atoms with Crippen LogP contribution in [-0.4, -0.2) is 29.0 Å².